The number of nitrogens with zero attached hydrogens (tertiary/aromatic N) is 1. The molecule has 0 aromatic heterocycles. The molecule has 0 N–H and O–H groups in total. The molecule has 1 unspecified atom stereocenters. The number of carbonyl (C=O) groups is 1. The number of esters is 1. The van der Waals surface area contributed by atoms with Crippen LogP contribution in [0.4, 0.5) is 0 Å². The molecular formula is C20H29NO2S2. The van der Waals surface area contributed by atoms with Gasteiger partial charge in [-0.1, -0.05) is 30.3 Å². The average molecular weight is 380 g/mol. The lowest BCUT2D eigenvalue weighted by Gasteiger charge is -2.44. The van der Waals surface area contributed by atoms with Crippen LogP contribution in [0.1, 0.15) is 25.3 Å². The number of carbonyl (C=O) groups excluding carboxylic acids is 1. The Labute approximate surface area is 160 Å². The smallest absolute Gasteiger partial charge is 0.313 e. The summed E-state index contributed by atoms with van der Waals surface area (Å²) in [5.74, 6) is 4.89. The Kier molecular flexibility index (Phi) is 7.14. The first-order valence-electron chi connectivity index (χ1n) is 9.34. The SMILES string of the molecule is CCOC(=O)C1(Cc2ccccc2)CCCN(C2CSCCSC2)C1. The molecule has 3 rings (SSSR count). The normalized spacial score (nSPS) is 26.1. The maximum Gasteiger partial charge on any atom is 0.313 e. The zero-order valence-corrected chi connectivity index (χ0v) is 16.7. The van der Waals surface area contributed by atoms with Gasteiger partial charge in [0.15, 0.2) is 0 Å². The van der Waals surface area contributed by atoms with Crippen molar-refractivity contribution >= 4 is 29.5 Å². The van der Waals surface area contributed by atoms with E-state index in [1.807, 2.05) is 13.0 Å². The third-order valence-corrected chi connectivity index (χ3v) is 7.69. The molecule has 2 saturated heterocycles. The van der Waals surface area contributed by atoms with Crippen LogP contribution in [0.3, 0.4) is 0 Å². The standard InChI is InChI=1S/C20H29NO2S2/c1-2-23-19(22)20(13-17-7-4-3-5-8-17)9-6-10-21(16-20)18-14-24-11-12-25-15-18/h3-5,7-8,18H,2,6,9-16H2,1H3. The van der Waals surface area contributed by atoms with Crippen LogP contribution in [-0.2, 0) is 16.0 Å². The van der Waals surface area contributed by atoms with E-state index in [-0.39, 0.29) is 5.97 Å². The van der Waals surface area contributed by atoms with Crippen LogP contribution < -0.4 is 0 Å². The third-order valence-electron chi connectivity index (χ3n) is 5.21. The number of rotatable bonds is 5. The van der Waals surface area contributed by atoms with E-state index in [1.165, 1.54) is 28.6 Å². The predicted molar refractivity (Wildman–Crippen MR) is 108 cm³/mol. The Morgan fingerprint density at radius 2 is 1.96 bits per heavy atom. The molecule has 2 fully saturated rings. The van der Waals surface area contributed by atoms with E-state index in [0.29, 0.717) is 12.6 Å². The largest absolute Gasteiger partial charge is 0.466 e. The highest BCUT2D eigenvalue weighted by atomic mass is 32.2. The van der Waals surface area contributed by atoms with Crippen molar-refractivity contribution in [2.24, 2.45) is 5.41 Å². The number of benzene rings is 1. The van der Waals surface area contributed by atoms with Gasteiger partial charge >= 0.3 is 5.97 Å². The summed E-state index contributed by atoms with van der Waals surface area (Å²) < 4.78 is 5.54. The predicted octanol–water partition coefficient (Wildman–Crippen LogP) is 3.72. The van der Waals surface area contributed by atoms with Gasteiger partial charge in [0, 0.05) is 35.6 Å². The molecule has 138 valence electrons. The lowest BCUT2D eigenvalue weighted by molar-refractivity contribution is -0.159. The molecule has 1 aromatic rings. The Hall–Kier alpha value is -0.650. The molecule has 3 nitrogen and oxygen atoms in total. The van der Waals surface area contributed by atoms with Gasteiger partial charge in [-0.3, -0.25) is 9.69 Å². The molecule has 2 aliphatic heterocycles. The van der Waals surface area contributed by atoms with Crippen molar-refractivity contribution in [3.8, 4) is 0 Å². The minimum Gasteiger partial charge on any atom is -0.466 e. The number of thioether (sulfide) groups is 2. The van der Waals surface area contributed by atoms with Gasteiger partial charge in [-0.05, 0) is 38.3 Å². The van der Waals surface area contributed by atoms with Crippen molar-refractivity contribution in [3.05, 3.63) is 35.9 Å². The molecule has 2 aliphatic rings. The third kappa shape index (κ3) is 4.95. The number of ether oxygens (including phenoxy) is 1. The second-order valence-electron chi connectivity index (χ2n) is 7.04. The van der Waals surface area contributed by atoms with E-state index in [0.717, 1.165) is 32.4 Å². The fourth-order valence-electron chi connectivity index (χ4n) is 3.95. The zero-order chi connectivity index (χ0) is 17.5. The molecule has 25 heavy (non-hydrogen) atoms. The highest BCUT2D eigenvalue weighted by molar-refractivity contribution is 8.03. The maximum atomic E-state index is 13.0. The summed E-state index contributed by atoms with van der Waals surface area (Å²) >= 11 is 4.12. The first-order valence-corrected chi connectivity index (χ1v) is 11.7. The fraction of sp³-hybridized carbons (Fsp3) is 0.650. The molecule has 0 spiro atoms. The number of hydrogen-bond donors (Lipinski definition) is 0. The second-order valence-corrected chi connectivity index (χ2v) is 9.34. The van der Waals surface area contributed by atoms with Crippen molar-refractivity contribution in [1.82, 2.24) is 4.90 Å². The Morgan fingerprint density at radius 1 is 1.24 bits per heavy atom. The molecule has 0 saturated carbocycles. The summed E-state index contributed by atoms with van der Waals surface area (Å²) in [5.41, 5.74) is 0.846. The molecule has 1 atom stereocenters. The second kappa shape index (κ2) is 9.33. The van der Waals surface area contributed by atoms with Gasteiger partial charge in [0.2, 0.25) is 0 Å². The number of hydrogen-bond acceptors (Lipinski definition) is 5. The molecule has 5 heteroatoms. The van der Waals surface area contributed by atoms with Crippen LogP contribution in [0, 0.1) is 5.41 Å². The van der Waals surface area contributed by atoms with Crippen LogP contribution in [0.25, 0.3) is 0 Å². The van der Waals surface area contributed by atoms with Gasteiger partial charge in [0.25, 0.3) is 0 Å². The van der Waals surface area contributed by atoms with E-state index < -0.39 is 5.41 Å². The van der Waals surface area contributed by atoms with Gasteiger partial charge < -0.3 is 4.74 Å². The summed E-state index contributed by atoms with van der Waals surface area (Å²) in [6.45, 7) is 4.33. The zero-order valence-electron chi connectivity index (χ0n) is 15.1. The fourth-order valence-corrected chi connectivity index (χ4v) is 6.58. The van der Waals surface area contributed by atoms with Crippen molar-refractivity contribution in [1.29, 1.82) is 0 Å². The maximum absolute atomic E-state index is 13.0. The van der Waals surface area contributed by atoms with Gasteiger partial charge in [-0.25, -0.2) is 0 Å². The van der Waals surface area contributed by atoms with Gasteiger partial charge in [0.05, 0.1) is 12.0 Å². The number of piperidine rings is 1. The topological polar surface area (TPSA) is 29.5 Å². The summed E-state index contributed by atoms with van der Waals surface area (Å²) in [4.78, 5) is 15.5. The molecular weight excluding hydrogens is 350 g/mol. The van der Waals surface area contributed by atoms with E-state index in [1.54, 1.807) is 0 Å². The Balaban J connectivity index is 1.79. The summed E-state index contributed by atoms with van der Waals surface area (Å²) in [5, 5.41) is 0. The molecule has 0 radical (unpaired) electrons. The van der Waals surface area contributed by atoms with Crippen LogP contribution in [-0.4, -0.2) is 59.6 Å². The minimum absolute atomic E-state index is 0.00233. The van der Waals surface area contributed by atoms with E-state index >= 15 is 0 Å². The average Bonchev–Trinajstić information content (AvgIpc) is 2.92. The summed E-state index contributed by atoms with van der Waals surface area (Å²) in [6, 6.07) is 11.0. The van der Waals surface area contributed by atoms with Crippen molar-refractivity contribution in [2.75, 3.05) is 42.7 Å². The first-order chi connectivity index (χ1) is 12.2. The molecule has 0 aliphatic carbocycles. The highest BCUT2D eigenvalue weighted by Crippen LogP contribution is 2.37. The Bertz CT molecular complexity index is 546. The molecule has 0 amide bonds. The minimum atomic E-state index is -0.392. The quantitative estimate of drug-likeness (QED) is 0.728. The summed E-state index contributed by atoms with van der Waals surface area (Å²) in [7, 11) is 0. The van der Waals surface area contributed by atoms with E-state index in [9.17, 15) is 4.79 Å². The van der Waals surface area contributed by atoms with Crippen molar-refractivity contribution < 1.29 is 9.53 Å². The van der Waals surface area contributed by atoms with Gasteiger partial charge in [-0.2, -0.15) is 23.5 Å². The van der Waals surface area contributed by atoms with Gasteiger partial charge in [-0.15, -0.1) is 0 Å². The van der Waals surface area contributed by atoms with E-state index in [4.69, 9.17) is 4.74 Å². The molecule has 2 heterocycles. The van der Waals surface area contributed by atoms with Crippen LogP contribution >= 0.6 is 23.5 Å². The van der Waals surface area contributed by atoms with Crippen LogP contribution in [0.2, 0.25) is 0 Å². The lowest BCUT2D eigenvalue weighted by Crippen LogP contribution is -2.54. The van der Waals surface area contributed by atoms with Gasteiger partial charge in [0.1, 0.15) is 0 Å². The Morgan fingerprint density at radius 3 is 2.64 bits per heavy atom. The molecule has 0 bridgehead atoms. The van der Waals surface area contributed by atoms with Crippen LogP contribution in [0.5, 0.6) is 0 Å². The van der Waals surface area contributed by atoms with Crippen LogP contribution in [0.15, 0.2) is 30.3 Å². The van der Waals surface area contributed by atoms with Crippen molar-refractivity contribution in [2.45, 2.75) is 32.2 Å². The van der Waals surface area contributed by atoms with E-state index in [2.05, 4.69) is 52.7 Å². The lowest BCUT2D eigenvalue weighted by atomic mass is 9.74. The molecule has 1 aromatic carbocycles. The summed E-state index contributed by atoms with van der Waals surface area (Å²) in [6.07, 6.45) is 2.80. The number of likely N-dealkylation sites (tertiary alicyclic amines) is 1. The van der Waals surface area contributed by atoms with Crippen molar-refractivity contribution in [3.63, 3.8) is 0 Å². The highest BCUT2D eigenvalue weighted by Gasteiger charge is 2.44. The first kappa shape index (κ1) is 19.1. The monoisotopic (exact) mass is 379 g/mol.